The number of amides is 2. The maximum absolute atomic E-state index is 13.9. The van der Waals surface area contributed by atoms with E-state index in [1.165, 1.54) is 12.1 Å². The van der Waals surface area contributed by atoms with Crippen molar-refractivity contribution < 1.29 is 26.8 Å². The zero-order valence-corrected chi connectivity index (χ0v) is 18.5. The van der Waals surface area contributed by atoms with E-state index in [1.54, 1.807) is 26.0 Å². The number of carbonyl (C=O) groups excluding carboxylic acids is 2. The monoisotopic (exact) mass is 465 g/mol. The van der Waals surface area contributed by atoms with Crippen LogP contribution in [0, 0.1) is 17.6 Å². The summed E-state index contributed by atoms with van der Waals surface area (Å²) in [7, 11) is -3.56. The number of hydrogen-bond acceptors (Lipinski definition) is 4. The van der Waals surface area contributed by atoms with Gasteiger partial charge in [0.15, 0.2) is 0 Å². The molecule has 1 atom stereocenters. The summed E-state index contributed by atoms with van der Waals surface area (Å²) in [5, 5.41) is 5.05. The zero-order chi connectivity index (χ0) is 23.5. The molecule has 2 amide bonds. The third kappa shape index (κ3) is 5.89. The van der Waals surface area contributed by atoms with Crippen molar-refractivity contribution in [2.45, 2.75) is 50.2 Å². The summed E-state index contributed by atoms with van der Waals surface area (Å²) in [5.74, 6) is -3.94. The van der Waals surface area contributed by atoms with E-state index in [4.69, 9.17) is 0 Å². The van der Waals surface area contributed by atoms with Crippen LogP contribution in [0.3, 0.4) is 0 Å². The molecule has 1 saturated carbocycles. The Bertz CT molecular complexity index is 1080. The van der Waals surface area contributed by atoms with Crippen LogP contribution in [0.15, 0.2) is 47.4 Å². The molecule has 7 nitrogen and oxygen atoms in total. The summed E-state index contributed by atoms with van der Waals surface area (Å²) in [6, 6.07) is 8.12. The van der Waals surface area contributed by atoms with E-state index in [0.29, 0.717) is 5.56 Å². The zero-order valence-electron chi connectivity index (χ0n) is 17.7. The van der Waals surface area contributed by atoms with Gasteiger partial charge in [0.05, 0.1) is 4.90 Å². The molecular formula is C22H25F2N3O4S. The van der Waals surface area contributed by atoms with Crippen molar-refractivity contribution in [1.29, 1.82) is 0 Å². The number of benzene rings is 2. The van der Waals surface area contributed by atoms with E-state index in [2.05, 4.69) is 15.4 Å². The average molecular weight is 466 g/mol. The van der Waals surface area contributed by atoms with Gasteiger partial charge in [-0.3, -0.25) is 9.59 Å². The SMILES string of the molecule is CC(C)[C@H](NC(=O)c1c(F)cccc1F)C(=O)NCc1ccc(S(=O)(=O)NC2CC2)cc1. The summed E-state index contributed by atoms with van der Waals surface area (Å²) in [6.45, 7) is 3.46. The van der Waals surface area contributed by atoms with E-state index in [1.807, 2.05) is 0 Å². The molecule has 3 rings (SSSR count). The van der Waals surface area contributed by atoms with Crippen molar-refractivity contribution in [3.63, 3.8) is 0 Å². The predicted octanol–water partition coefficient (Wildman–Crippen LogP) is 2.48. The largest absolute Gasteiger partial charge is 0.350 e. The Kier molecular flexibility index (Phi) is 7.25. The van der Waals surface area contributed by atoms with Crippen LogP contribution in [0.2, 0.25) is 0 Å². The van der Waals surface area contributed by atoms with Crippen molar-refractivity contribution in [3.8, 4) is 0 Å². The molecule has 172 valence electrons. The van der Waals surface area contributed by atoms with Crippen molar-refractivity contribution in [3.05, 3.63) is 65.2 Å². The van der Waals surface area contributed by atoms with Gasteiger partial charge < -0.3 is 10.6 Å². The van der Waals surface area contributed by atoms with E-state index < -0.39 is 45.1 Å². The Morgan fingerprint density at radius 1 is 1.03 bits per heavy atom. The summed E-state index contributed by atoms with van der Waals surface area (Å²) >= 11 is 0. The fourth-order valence-electron chi connectivity index (χ4n) is 3.04. The lowest BCUT2D eigenvalue weighted by atomic mass is 10.0. The topological polar surface area (TPSA) is 104 Å². The van der Waals surface area contributed by atoms with Crippen molar-refractivity contribution >= 4 is 21.8 Å². The normalized spacial score (nSPS) is 14.8. The predicted molar refractivity (Wildman–Crippen MR) is 114 cm³/mol. The Labute approximate surface area is 185 Å². The third-order valence-corrected chi connectivity index (χ3v) is 6.56. The minimum Gasteiger partial charge on any atom is -0.350 e. The first-order valence-electron chi connectivity index (χ1n) is 10.2. The minimum atomic E-state index is -3.56. The molecule has 1 aliphatic rings. The lowest BCUT2D eigenvalue weighted by molar-refractivity contribution is -0.124. The van der Waals surface area contributed by atoms with Crippen LogP contribution in [0.1, 0.15) is 42.6 Å². The molecule has 1 aliphatic carbocycles. The summed E-state index contributed by atoms with van der Waals surface area (Å²) in [4.78, 5) is 25.1. The van der Waals surface area contributed by atoms with Gasteiger partial charge in [-0.25, -0.2) is 21.9 Å². The molecule has 10 heteroatoms. The lowest BCUT2D eigenvalue weighted by Gasteiger charge is -2.22. The van der Waals surface area contributed by atoms with Gasteiger partial charge in [-0.15, -0.1) is 0 Å². The van der Waals surface area contributed by atoms with Gasteiger partial charge in [-0.1, -0.05) is 32.0 Å². The highest BCUT2D eigenvalue weighted by molar-refractivity contribution is 7.89. The molecular weight excluding hydrogens is 440 g/mol. The Hall–Kier alpha value is -2.85. The van der Waals surface area contributed by atoms with Gasteiger partial charge in [0.1, 0.15) is 23.2 Å². The first-order valence-corrected chi connectivity index (χ1v) is 11.7. The standard InChI is InChI=1S/C22H25F2N3O4S/c1-13(2)20(26-21(28)19-17(23)4-3-5-18(19)24)22(29)25-12-14-6-10-16(11-7-14)32(30,31)27-15-8-9-15/h3-7,10-11,13,15,20,27H,8-9,12H2,1-2H3,(H,25,29)(H,26,28)/t20-/m0/s1. The highest BCUT2D eigenvalue weighted by atomic mass is 32.2. The van der Waals surface area contributed by atoms with E-state index in [0.717, 1.165) is 31.0 Å². The van der Waals surface area contributed by atoms with Crippen LogP contribution in [0.5, 0.6) is 0 Å². The van der Waals surface area contributed by atoms with E-state index >= 15 is 0 Å². The van der Waals surface area contributed by atoms with Gasteiger partial charge in [-0.2, -0.15) is 0 Å². The smallest absolute Gasteiger partial charge is 0.257 e. The molecule has 0 spiro atoms. The van der Waals surface area contributed by atoms with Gasteiger partial charge in [0.2, 0.25) is 15.9 Å². The number of sulfonamides is 1. The molecule has 32 heavy (non-hydrogen) atoms. The number of carbonyl (C=O) groups is 2. The second-order valence-corrected chi connectivity index (χ2v) is 9.76. The highest BCUT2D eigenvalue weighted by Crippen LogP contribution is 2.22. The van der Waals surface area contributed by atoms with Gasteiger partial charge in [-0.05, 0) is 48.6 Å². The first kappa shape index (κ1) is 23.8. The average Bonchev–Trinajstić information content (AvgIpc) is 3.53. The van der Waals surface area contributed by atoms with E-state index in [-0.39, 0.29) is 23.4 Å². The molecule has 2 aromatic rings. The van der Waals surface area contributed by atoms with Gasteiger partial charge in [0.25, 0.3) is 5.91 Å². The Balaban J connectivity index is 1.62. The fourth-order valence-corrected chi connectivity index (χ4v) is 4.34. The van der Waals surface area contributed by atoms with Gasteiger partial charge >= 0.3 is 0 Å². The molecule has 0 saturated heterocycles. The summed E-state index contributed by atoms with van der Waals surface area (Å²) < 4.78 is 54.8. The molecule has 2 aromatic carbocycles. The first-order chi connectivity index (χ1) is 15.1. The van der Waals surface area contributed by atoms with Crippen LogP contribution in [-0.2, 0) is 21.4 Å². The van der Waals surface area contributed by atoms with Crippen molar-refractivity contribution in [1.82, 2.24) is 15.4 Å². The van der Waals surface area contributed by atoms with Crippen LogP contribution < -0.4 is 15.4 Å². The van der Waals surface area contributed by atoms with E-state index in [9.17, 15) is 26.8 Å². The molecule has 0 heterocycles. The molecule has 1 fully saturated rings. The fraction of sp³-hybridized carbons (Fsp3) is 0.364. The molecule has 0 aliphatic heterocycles. The molecule has 0 bridgehead atoms. The number of halogens is 2. The number of nitrogens with one attached hydrogen (secondary N) is 3. The lowest BCUT2D eigenvalue weighted by Crippen LogP contribution is -2.49. The van der Waals surface area contributed by atoms with Crippen LogP contribution >= 0.6 is 0 Å². The summed E-state index contributed by atoms with van der Waals surface area (Å²) in [6.07, 6.45) is 1.67. The van der Waals surface area contributed by atoms with Crippen molar-refractivity contribution in [2.75, 3.05) is 0 Å². The molecule has 0 unspecified atom stereocenters. The molecule has 0 radical (unpaired) electrons. The van der Waals surface area contributed by atoms with Gasteiger partial charge in [0, 0.05) is 12.6 Å². The number of rotatable bonds is 9. The maximum atomic E-state index is 13.9. The maximum Gasteiger partial charge on any atom is 0.257 e. The van der Waals surface area contributed by atoms with Crippen LogP contribution in [-0.4, -0.2) is 32.3 Å². The minimum absolute atomic E-state index is 0.0000203. The second kappa shape index (κ2) is 9.74. The third-order valence-electron chi connectivity index (χ3n) is 5.03. The molecule has 0 aromatic heterocycles. The van der Waals surface area contributed by atoms with Crippen molar-refractivity contribution in [2.24, 2.45) is 5.92 Å². The Morgan fingerprint density at radius 2 is 1.62 bits per heavy atom. The second-order valence-electron chi connectivity index (χ2n) is 8.05. The highest BCUT2D eigenvalue weighted by Gasteiger charge is 2.28. The number of hydrogen-bond donors (Lipinski definition) is 3. The van der Waals surface area contributed by atoms with Crippen LogP contribution in [0.25, 0.3) is 0 Å². The summed E-state index contributed by atoms with van der Waals surface area (Å²) in [5.41, 5.74) is -0.0970. The Morgan fingerprint density at radius 3 is 2.16 bits per heavy atom. The molecule has 3 N–H and O–H groups in total. The quantitative estimate of drug-likeness (QED) is 0.529. The van der Waals surface area contributed by atoms with Crippen LogP contribution in [0.4, 0.5) is 8.78 Å².